The fourth-order valence-corrected chi connectivity index (χ4v) is 1.61. The van der Waals surface area contributed by atoms with Gasteiger partial charge in [0.25, 0.3) is 0 Å². The molecule has 20 heavy (non-hydrogen) atoms. The zero-order valence-electron chi connectivity index (χ0n) is 11.0. The lowest BCUT2D eigenvalue weighted by atomic mass is 10.3. The zero-order valence-corrected chi connectivity index (χ0v) is 11.0. The van der Waals surface area contributed by atoms with E-state index >= 15 is 0 Å². The Morgan fingerprint density at radius 3 is 2.65 bits per heavy atom. The molecule has 1 heterocycles. The molecule has 0 aliphatic carbocycles. The molecule has 0 radical (unpaired) electrons. The standard InChI is InChI=1S/C13H13N5O2/c1-18-12(9(7-14)8-15-18)17-13(19)16-10-3-5-11(20-2)6-4-10/h3-6,8H,1-2H3,(H2,16,17,19). The molecule has 0 unspecified atom stereocenters. The van der Waals surface area contributed by atoms with Crippen LogP contribution >= 0.6 is 0 Å². The molecule has 2 rings (SSSR count). The predicted molar refractivity (Wildman–Crippen MR) is 73.6 cm³/mol. The normalized spacial score (nSPS) is 9.65. The van der Waals surface area contributed by atoms with E-state index in [1.807, 2.05) is 6.07 Å². The summed E-state index contributed by atoms with van der Waals surface area (Å²) in [7, 11) is 3.21. The van der Waals surface area contributed by atoms with Crippen LogP contribution in [-0.4, -0.2) is 22.9 Å². The SMILES string of the molecule is COc1ccc(NC(=O)Nc2c(C#N)cnn2C)cc1. The number of hydrogen-bond donors (Lipinski definition) is 2. The lowest BCUT2D eigenvalue weighted by Gasteiger charge is -2.08. The maximum atomic E-state index is 11.9. The van der Waals surface area contributed by atoms with E-state index in [1.165, 1.54) is 10.9 Å². The summed E-state index contributed by atoms with van der Waals surface area (Å²) in [5.74, 6) is 1.05. The van der Waals surface area contributed by atoms with Gasteiger partial charge in [-0.1, -0.05) is 0 Å². The Balaban J connectivity index is 2.05. The molecule has 0 bridgehead atoms. The molecule has 0 aliphatic heterocycles. The van der Waals surface area contributed by atoms with E-state index in [9.17, 15) is 4.79 Å². The van der Waals surface area contributed by atoms with Crippen LogP contribution in [0.25, 0.3) is 0 Å². The molecular weight excluding hydrogens is 258 g/mol. The maximum absolute atomic E-state index is 11.9. The molecule has 0 aliphatic rings. The van der Waals surface area contributed by atoms with E-state index in [1.54, 1.807) is 38.4 Å². The van der Waals surface area contributed by atoms with Crippen LogP contribution in [0, 0.1) is 11.3 Å². The van der Waals surface area contributed by atoms with Crippen LogP contribution in [0.3, 0.4) is 0 Å². The Morgan fingerprint density at radius 1 is 1.35 bits per heavy atom. The largest absolute Gasteiger partial charge is 0.497 e. The summed E-state index contributed by atoms with van der Waals surface area (Å²) < 4.78 is 6.45. The van der Waals surface area contributed by atoms with Crippen LogP contribution in [-0.2, 0) is 7.05 Å². The topological polar surface area (TPSA) is 92.0 Å². The quantitative estimate of drug-likeness (QED) is 0.892. The molecule has 0 atom stereocenters. The van der Waals surface area contributed by atoms with Gasteiger partial charge in [-0.3, -0.25) is 10.00 Å². The van der Waals surface area contributed by atoms with E-state index in [4.69, 9.17) is 10.00 Å². The second kappa shape index (κ2) is 5.75. The van der Waals surface area contributed by atoms with Crippen LogP contribution in [0.4, 0.5) is 16.3 Å². The minimum Gasteiger partial charge on any atom is -0.497 e. The number of aryl methyl sites for hydroxylation is 1. The number of carbonyl (C=O) groups excluding carboxylic acids is 1. The van der Waals surface area contributed by atoms with E-state index in [-0.39, 0.29) is 0 Å². The molecule has 0 saturated carbocycles. The molecule has 0 fully saturated rings. The van der Waals surface area contributed by atoms with E-state index < -0.39 is 6.03 Å². The Labute approximate surface area is 115 Å². The average Bonchev–Trinajstić information content (AvgIpc) is 2.80. The molecule has 2 amide bonds. The number of ether oxygens (including phenoxy) is 1. The van der Waals surface area contributed by atoms with Crippen molar-refractivity contribution in [1.29, 1.82) is 5.26 Å². The number of nitrogens with one attached hydrogen (secondary N) is 2. The highest BCUT2D eigenvalue weighted by Gasteiger charge is 2.11. The maximum Gasteiger partial charge on any atom is 0.324 e. The molecule has 1 aromatic heterocycles. The number of urea groups is 1. The molecule has 1 aromatic carbocycles. The van der Waals surface area contributed by atoms with Gasteiger partial charge in [-0.05, 0) is 24.3 Å². The van der Waals surface area contributed by atoms with Gasteiger partial charge in [-0.25, -0.2) is 4.79 Å². The third-order valence-electron chi connectivity index (χ3n) is 2.64. The number of nitriles is 1. The van der Waals surface area contributed by atoms with Gasteiger partial charge in [0, 0.05) is 12.7 Å². The van der Waals surface area contributed by atoms with Crippen molar-refractivity contribution < 1.29 is 9.53 Å². The van der Waals surface area contributed by atoms with E-state index in [2.05, 4.69) is 15.7 Å². The molecular formula is C13H13N5O2. The van der Waals surface area contributed by atoms with Crippen molar-refractivity contribution in [3.8, 4) is 11.8 Å². The number of rotatable bonds is 3. The Morgan fingerprint density at radius 2 is 2.05 bits per heavy atom. The summed E-state index contributed by atoms with van der Waals surface area (Å²) in [6, 6.07) is 8.41. The van der Waals surface area contributed by atoms with Crippen LogP contribution in [0.5, 0.6) is 5.75 Å². The molecule has 0 saturated heterocycles. The lowest BCUT2D eigenvalue weighted by Crippen LogP contribution is -2.21. The zero-order chi connectivity index (χ0) is 14.5. The summed E-state index contributed by atoms with van der Waals surface area (Å²) in [4.78, 5) is 11.9. The first kappa shape index (κ1) is 13.4. The van der Waals surface area contributed by atoms with Gasteiger partial charge >= 0.3 is 6.03 Å². The first-order chi connectivity index (χ1) is 9.63. The van der Waals surface area contributed by atoms with Crippen molar-refractivity contribution in [1.82, 2.24) is 9.78 Å². The first-order valence-corrected chi connectivity index (χ1v) is 5.78. The van der Waals surface area contributed by atoms with E-state index in [0.717, 1.165) is 0 Å². The lowest BCUT2D eigenvalue weighted by molar-refractivity contribution is 0.262. The van der Waals surface area contributed by atoms with Crippen LogP contribution in [0.2, 0.25) is 0 Å². The van der Waals surface area contributed by atoms with E-state index in [0.29, 0.717) is 22.8 Å². The van der Waals surface area contributed by atoms with Crippen molar-refractivity contribution in [2.24, 2.45) is 7.05 Å². The minimum atomic E-state index is -0.449. The highest BCUT2D eigenvalue weighted by molar-refractivity contribution is 5.99. The van der Waals surface area contributed by atoms with Crippen LogP contribution in [0.15, 0.2) is 30.5 Å². The van der Waals surface area contributed by atoms with Crippen molar-refractivity contribution in [2.45, 2.75) is 0 Å². The molecule has 102 valence electrons. The van der Waals surface area contributed by atoms with Gasteiger partial charge in [0.05, 0.1) is 13.3 Å². The summed E-state index contributed by atoms with van der Waals surface area (Å²) in [6.45, 7) is 0. The van der Waals surface area contributed by atoms with Gasteiger partial charge < -0.3 is 10.1 Å². The Hall–Kier alpha value is -3.01. The number of benzene rings is 1. The third kappa shape index (κ3) is 2.87. The number of amides is 2. The number of nitrogens with zero attached hydrogens (tertiary/aromatic N) is 3. The summed E-state index contributed by atoms with van der Waals surface area (Å²) >= 11 is 0. The summed E-state index contributed by atoms with van der Waals surface area (Å²) in [6.07, 6.45) is 1.39. The molecule has 2 N–H and O–H groups in total. The summed E-state index contributed by atoms with van der Waals surface area (Å²) in [5, 5.41) is 18.0. The van der Waals surface area contributed by atoms with Crippen molar-refractivity contribution in [3.63, 3.8) is 0 Å². The van der Waals surface area contributed by atoms with Crippen LogP contribution < -0.4 is 15.4 Å². The second-order valence-electron chi connectivity index (χ2n) is 3.95. The Kier molecular flexibility index (Phi) is 3.86. The van der Waals surface area contributed by atoms with Crippen molar-refractivity contribution in [3.05, 3.63) is 36.0 Å². The number of aromatic nitrogens is 2. The fraction of sp³-hybridized carbons (Fsp3) is 0.154. The van der Waals surface area contributed by atoms with Crippen LogP contribution in [0.1, 0.15) is 5.56 Å². The fourth-order valence-electron chi connectivity index (χ4n) is 1.61. The van der Waals surface area contributed by atoms with Gasteiger partial charge in [-0.15, -0.1) is 0 Å². The average molecular weight is 271 g/mol. The van der Waals surface area contributed by atoms with Crippen molar-refractivity contribution >= 4 is 17.5 Å². The van der Waals surface area contributed by atoms with Gasteiger partial charge in [0.15, 0.2) is 0 Å². The number of methoxy groups -OCH3 is 1. The first-order valence-electron chi connectivity index (χ1n) is 5.78. The minimum absolute atomic E-state index is 0.303. The van der Waals surface area contributed by atoms with Crippen molar-refractivity contribution in [2.75, 3.05) is 17.7 Å². The molecule has 0 spiro atoms. The van der Waals surface area contributed by atoms with Gasteiger partial charge in [-0.2, -0.15) is 10.4 Å². The van der Waals surface area contributed by atoms with Gasteiger partial charge in [0.2, 0.25) is 0 Å². The third-order valence-corrected chi connectivity index (χ3v) is 2.64. The Bertz CT molecular complexity index is 654. The highest BCUT2D eigenvalue weighted by Crippen LogP contribution is 2.16. The number of carbonyl (C=O) groups is 1. The summed E-state index contributed by atoms with van der Waals surface area (Å²) in [5.41, 5.74) is 0.918. The highest BCUT2D eigenvalue weighted by atomic mass is 16.5. The number of hydrogen-bond acceptors (Lipinski definition) is 4. The second-order valence-corrected chi connectivity index (χ2v) is 3.95. The van der Waals surface area contributed by atoms with Gasteiger partial charge in [0.1, 0.15) is 23.2 Å². The molecule has 7 heteroatoms. The predicted octanol–water partition coefficient (Wildman–Crippen LogP) is 1.94. The molecule has 7 nitrogen and oxygen atoms in total. The monoisotopic (exact) mass is 271 g/mol. The smallest absolute Gasteiger partial charge is 0.324 e. The molecule has 2 aromatic rings. The number of anilines is 2.